The minimum atomic E-state index is -0.0932. The summed E-state index contributed by atoms with van der Waals surface area (Å²) in [4.78, 5) is 13.7. The van der Waals surface area contributed by atoms with Crippen molar-refractivity contribution >= 4 is 23.4 Å². The van der Waals surface area contributed by atoms with Gasteiger partial charge < -0.3 is 5.32 Å². The highest BCUT2D eigenvalue weighted by atomic mass is 32.2. The Kier molecular flexibility index (Phi) is 4.76. The molecule has 2 aromatic rings. The van der Waals surface area contributed by atoms with Gasteiger partial charge in [-0.25, -0.2) is 0 Å². The maximum Gasteiger partial charge on any atom is 0.259 e. The number of nitrogens with one attached hydrogen (secondary N) is 1. The molecular weight excluding hydrogens is 306 g/mol. The van der Waals surface area contributed by atoms with Gasteiger partial charge in [-0.05, 0) is 51.0 Å². The third-order valence-electron chi connectivity index (χ3n) is 4.45. The molecule has 0 unspecified atom stereocenters. The molecule has 0 radical (unpaired) electrons. The van der Waals surface area contributed by atoms with E-state index in [1.54, 1.807) is 4.68 Å². The van der Waals surface area contributed by atoms with E-state index >= 15 is 0 Å². The van der Waals surface area contributed by atoms with E-state index in [9.17, 15) is 4.79 Å². The minimum absolute atomic E-state index is 0.0932. The van der Waals surface area contributed by atoms with E-state index in [2.05, 4.69) is 22.5 Å². The number of thioether (sulfide) groups is 1. The number of carbonyl (C=O) groups is 1. The molecule has 1 aromatic heterocycles. The highest BCUT2D eigenvalue weighted by Gasteiger charge is 2.18. The van der Waals surface area contributed by atoms with Gasteiger partial charge in [0.2, 0.25) is 0 Å². The normalized spacial score (nSPS) is 15.1. The van der Waals surface area contributed by atoms with Gasteiger partial charge >= 0.3 is 0 Å². The number of carbonyl (C=O) groups excluding carboxylic acids is 1. The van der Waals surface area contributed by atoms with Crippen molar-refractivity contribution in [3.05, 3.63) is 41.2 Å². The van der Waals surface area contributed by atoms with Crippen molar-refractivity contribution in [2.45, 2.75) is 49.7 Å². The molecule has 0 aliphatic heterocycles. The highest BCUT2D eigenvalue weighted by molar-refractivity contribution is 8.00. The molecule has 1 amide bonds. The van der Waals surface area contributed by atoms with Crippen LogP contribution in [-0.4, -0.2) is 20.9 Å². The minimum Gasteiger partial charge on any atom is -0.322 e. The summed E-state index contributed by atoms with van der Waals surface area (Å²) in [5.41, 5.74) is 3.13. The van der Waals surface area contributed by atoms with Crippen LogP contribution in [0.1, 0.15) is 47.4 Å². The Morgan fingerprint density at radius 1 is 1.22 bits per heavy atom. The Balaban J connectivity index is 1.66. The molecule has 1 aromatic carbocycles. The molecule has 4 nitrogen and oxygen atoms in total. The van der Waals surface area contributed by atoms with E-state index in [1.807, 2.05) is 44.8 Å². The number of rotatable bonds is 4. The van der Waals surface area contributed by atoms with Crippen molar-refractivity contribution in [2.75, 3.05) is 5.32 Å². The van der Waals surface area contributed by atoms with Gasteiger partial charge in [0.1, 0.15) is 0 Å². The zero-order chi connectivity index (χ0) is 16.4. The topological polar surface area (TPSA) is 46.9 Å². The third kappa shape index (κ3) is 3.61. The van der Waals surface area contributed by atoms with Crippen molar-refractivity contribution in [1.29, 1.82) is 0 Å². The molecule has 3 rings (SSSR count). The molecule has 1 N–H and O–H groups in total. The molecule has 0 atom stereocenters. The molecule has 0 spiro atoms. The molecular formula is C18H23N3OS. The van der Waals surface area contributed by atoms with Crippen molar-refractivity contribution in [2.24, 2.45) is 7.05 Å². The monoisotopic (exact) mass is 329 g/mol. The molecule has 122 valence electrons. The van der Waals surface area contributed by atoms with Gasteiger partial charge in [0.05, 0.1) is 11.3 Å². The van der Waals surface area contributed by atoms with Crippen LogP contribution in [0.15, 0.2) is 29.2 Å². The number of hydrogen-bond donors (Lipinski definition) is 1. The second kappa shape index (κ2) is 6.79. The predicted molar refractivity (Wildman–Crippen MR) is 95.2 cm³/mol. The Bertz CT molecular complexity index is 700. The predicted octanol–water partition coefficient (Wildman–Crippen LogP) is 4.32. The summed E-state index contributed by atoms with van der Waals surface area (Å²) in [6.45, 7) is 3.78. The van der Waals surface area contributed by atoms with Gasteiger partial charge in [-0.1, -0.05) is 12.8 Å². The molecule has 1 aliphatic rings. The van der Waals surface area contributed by atoms with E-state index in [0.29, 0.717) is 5.56 Å². The van der Waals surface area contributed by atoms with Gasteiger partial charge in [0.15, 0.2) is 0 Å². The van der Waals surface area contributed by atoms with Crippen molar-refractivity contribution in [3.8, 4) is 0 Å². The fourth-order valence-electron chi connectivity index (χ4n) is 3.11. The lowest BCUT2D eigenvalue weighted by Crippen LogP contribution is -2.14. The first kappa shape index (κ1) is 16.1. The molecule has 1 fully saturated rings. The van der Waals surface area contributed by atoms with Crippen LogP contribution in [-0.2, 0) is 7.05 Å². The lowest BCUT2D eigenvalue weighted by Gasteiger charge is -2.10. The summed E-state index contributed by atoms with van der Waals surface area (Å²) in [5.74, 6) is -0.0932. The van der Waals surface area contributed by atoms with Crippen LogP contribution in [0.3, 0.4) is 0 Å². The molecule has 0 saturated heterocycles. The summed E-state index contributed by atoms with van der Waals surface area (Å²) < 4.78 is 1.74. The Hall–Kier alpha value is -1.75. The number of anilines is 1. The maximum absolute atomic E-state index is 12.5. The Morgan fingerprint density at radius 2 is 1.87 bits per heavy atom. The number of aromatic nitrogens is 2. The van der Waals surface area contributed by atoms with E-state index in [4.69, 9.17) is 0 Å². The second-order valence-corrected chi connectivity index (χ2v) is 7.55. The van der Waals surface area contributed by atoms with Gasteiger partial charge in [0, 0.05) is 28.6 Å². The number of nitrogens with zero attached hydrogens (tertiary/aromatic N) is 2. The van der Waals surface area contributed by atoms with Crippen LogP contribution in [0.25, 0.3) is 0 Å². The Labute approximate surface area is 141 Å². The zero-order valence-corrected chi connectivity index (χ0v) is 14.7. The lowest BCUT2D eigenvalue weighted by molar-refractivity contribution is 0.102. The zero-order valence-electron chi connectivity index (χ0n) is 13.9. The first-order chi connectivity index (χ1) is 11.0. The van der Waals surface area contributed by atoms with Gasteiger partial charge in [-0.2, -0.15) is 5.10 Å². The van der Waals surface area contributed by atoms with Crippen molar-refractivity contribution in [3.63, 3.8) is 0 Å². The van der Waals surface area contributed by atoms with Crippen LogP contribution in [0.2, 0.25) is 0 Å². The standard InChI is InChI=1S/C18H23N3OS/c1-12-17(13(2)21(3)20-12)18(22)19-14-8-10-16(11-9-14)23-15-6-4-5-7-15/h8-11,15H,4-7H2,1-3H3,(H,19,22). The van der Waals surface area contributed by atoms with Crippen molar-refractivity contribution in [1.82, 2.24) is 9.78 Å². The van der Waals surface area contributed by atoms with Crippen LogP contribution >= 0.6 is 11.8 Å². The number of hydrogen-bond acceptors (Lipinski definition) is 3. The summed E-state index contributed by atoms with van der Waals surface area (Å²) in [6.07, 6.45) is 5.36. The van der Waals surface area contributed by atoms with E-state index < -0.39 is 0 Å². The number of benzene rings is 1. The molecule has 1 saturated carbocycles. The number of aryl methyl sites for hydroxylation is 2. The Morgan fingerprint density at radius 3 is 2.43 bits per heavy atom. The molecule has 23 heavy (non-hydrogen) atoms. The molecule has 1 aliphatic carbocycles. The van der Waals surface area contributed by atoms with Crippen LogP contribution in [0.4, 0.5) is 5.69 Å². The molecule has 5 heteroatoms. The van der Waals surface area contributed by atoms with E-state index in [-0.39, 0.29) is 5.91 Å². The maximum atomic E-state index is 12.5. The number of amides is 1. The molecule has 1 heterocycles. The SMILES string of the molecule is Cc1nn(C)c(C)c1C(=O)Nc1ccc(SC2CCCC2)cc1. The third-order valence-corrected chi connectivity index (χ3v) is 5.80. The van der Waals surface area contributed by atoms with Crippen LogP contribution in [0, 0.1) is 13.8 Å². The lowest BCUT2D eigenvalue weighted by atomic mass is 10.2. The fraction of sp³-hybridized carbons (Fsp3) is 0.444. The van der Waals surface area contributed by atoms with Crippen LogP contribution in [0.5, 0.6) is 0 Å². The first-order valence-corrected chi connectivity index (χ1v) is 9.01. The summed E-state index contributed by atoms with van der Waals surface area (Å²) in [7, 11) is 1.86. The van der Waals surface area contributed by atoms with Gasteiger partial charge in [-0.15, -0.1) is 11.8 Å². The summed E-state index contributed by atoms with van der Waals surface area (Å²) in [5, 5.41) is 8.03. The second-order valence-electron chi connectivity index (χ2n) is 6.17. The average Bonchev–Trinajstić information content (AvgIpc) is 3.10. The van der Waals surface area contributed by atoms with Gasteiger partial charge in [0.25, 0.3) is 5.91 Å². The van der Waals surface area contributed by atoms with Gasteiger partial charge in [-0.3, -0.25) is 9.48 Å². The van der Waals surface area contributed by atoms with E-state index in [1.165, 1.54) is 30.6 Å². The average molecular weight is 329 g/mol. The van der Waals surface area contributed by atoms with Crippen LogP contribution < -0.4 is 5.32 Å². The summed E-state index contributed by atoms with van der Waals surface area (Å²) in [6, 6.07) is 8.16. The fourth-order valence-corrected chi connectivity index (χ4v) is 4.36. The largest absolute Gasteiger partial charge is 0.322 e. The smallest absolute Gasteiger partial charge is 0.259 e. The van der Waals surface area contributed by atoms with Crippen molar-refractivity contribution < 1.29 is 4.79 Å². The summed E-state index contributed by atoms with van der Waals surface area (Å²) >= 11 is 1.96. The first-order valence-electron chi connectivity index (χ1n) is 8.13. The molecule has 0 bridgehead atoms. The highest BCUT2D eigenvalue weighted by Crippen LogP contribution is 2.35. The quantitative estimate of drug-likeness (QED) is 0.908. The van der Waals surface area contributed by atoms with E-state index in [0.717, 1.165) is 22.3 Å².